The summed E-state index contributed by atoms with van der Waals surface area (Å²) in [5.41, 5.74) is 6.34. The fourth-order valence-electron chi connectivity index (χ4n) is 4.79. The molecule has 0 spiro atoms. The lowest BCUT2D eigenvalue weighted by Gasteiger charge is -2.43. The zero-order chi connectivity index (χ0) is 16.5. The van der Waals surface area contributed by atoms with Crippen molar-refractivity contribution >= 4 is 24.1 Å². The van der Waals surface area contributed by atoms with Crippen LogP contribution in [0.2, 0.25) is 0 Å². The Labute approximate surface area is 155 Å². The van der Waals surface area contributed by atoms with Gasteiger partial charge in [-0.2, -0.15) is 5.10 Å². The quantitative estimate of drug-likeness (QED) is 0.855. The first-order valence-corrected chi connectivity index (χ1v) is 9.36. The second kappa shape index (κ2) is 8.06. The largest absolute Gasteiger partial charge is 0.381 e. The second-order valence-electron chi connectivity index (χ2n) is 7.81. The Morgan fingerprint density at radius 2 is 2.08 bits per heavy atom. The van der Waals surface area contributed by atoms with Crippen molar-refractivity contribution in [3.63, 3.8) is 0 Å². The average Bonchev–Trinajstić information content (AvgIpc) is 3.20. The van der Waals surface area contributed by atoms with Crippen LogP contribution in [0.5, 0.6) is 0 Å². The normalized spacial score (nSPS) is 34.4. The van der Waals surface area contributed by atoms with E-state index >= 15 is 0 Å². The van der Waals surface area contributed by atoms with Gasteiger partial charge in [0.05, 0.1) is 12.8 Å². The number of halogens is 1. The van der Waals surface area contributed by atoms with Gasteiger partial charge in [0.2, 0.25) is 5.91 Å². The smallest absolute Gasteiger partial charge is 0.228 e. The summed E-state index contributed by atoms with van der Waals surface area (Å²) in [6.07, 6.45) is 8.34. The molecule has 3 aliphatic rings. The van der Waals surface area contributed by atoms with Crippen LogP contribution in [-0.2, 0) is 16.1 Å². The number of anilines is 1. The number of carbonyl (C=O) groups excluding carboxylic acids is 1. The van der Waals surface area contributed by atoms with Gasteiger partial charge in [-0.15, -0.1) is 12.4 Å². The molecule has 0 aromatic carbocycles. The highest BCUT2D eigenvalue weighted by Crippen LogP contribution is 2.42. The lowest BCUT2D eigenvalue weighted by atomic mass is 9.65. The molecule has 2 heterocycles. The molecule has 4 rings (SSSR count). The zero-order valence-corrected chi connectivity index (χ0v) is 15.4. The number of aromatic nitrogens is 2. The third-order valence-corrected chi connectivity index (χ3v) is 6.21. The molecular formula is C18H29ClN4O2. The summed E-state index contributed by atoms with van der Waals surface area (Å²) < 4.78 is 7.34. The summed E-state index contributed by atoms with van der Waals surface area (Å²) in [7, 11) is 0. The van der Waals surface area contributed by atoms with E-state index in [9.17, 15) is 4.79 Å². The number of rotatable bonds is 4. The molecule has 0 radical (unpaired) electrons. The summed E-state index contributed by atoms with van der Waals surface area (Å²) in [5.74, 6) is 2.59. The molecule has 3 N–H and O–H groups in total. The van der Waals surface area contributed by atoms with Crippen molar-refractivity contribution in [3.05, 3.63) is 12.3 Å². The van der Waals surface area contributed by atoms with Crippen molar-refractivity contribution in [3.8, 4) is 0 Å². The molecule has 1 aromatic rings. The number of fused-ring (bicyclic) bond motifs is 2. The Kier molecular flexibility index (Phi) is 6.02. The third kappa shape index (κ3) is 4.01. The van der Waals surface area contributed by atoms with Gasteiger partial charge in [-0.25, -0.2) is 4.68 Å². The highest BCUT2D eigenvalue weighted by molar-refractivity contribution is 5.91. The Morgan fingerprint density at radius 3 is 2.76 bits per heavy atom. The van der Waals surface area contributed by atoms with Crippen molar-refractivity contribution in [2.24, 2.45) is 29.4 Å². The summed E-state index contributed by atoms with van der Waals surface area (Å²) in [6.45, 7) is 2.43. The van der Waals surface area contributed by atoms with Gasteiger partial charge in [-0.05, 0) is 43.9 Å². The monoisotopic (exact) mass is 368 g/mol. The predicted octanol–water partition coefficient (Wildman–Crippen LogP) is 2.43. The number of nitrogens with one attached hydrogen (secondary N) is 1. The van der Waals surface area contributed by atoms with Crippen LogP contribution < -0.4 is 11.1 Å². The Balaban J connectivity index is 0.00000182. The van der Waals surface area contributed by atoms with Crippen molar-refractivity contribution < 1.29 is 9.53 Å². The van der Waals surface area contributed by atoms with Gasteiger partial charge in [0.15, 0.2) is 0 Å². The summed E-state index contributed by atoms with van der Waals surface area (Å²) in [4.78, 5) is 12.8. The topological polar surface area (TPSA) is 82.2 Å². The van der Waals surface area contributed by atoms with Crippen LogP contribution >= 0.6 is 12.4 Å². The molecule has 1 amide bonds. The van der Waals surface area contributed by atoms with Crippen LogP contribution in [0.1, 0.15) is 38.5 Å². The maximum Gasteiger partial charge on any atom is 0.228 e. The molecule has 1 saturated heterocycles. The predicted molar refractivity (Wildman–Crippen MR) is 98.6 cm³/mol. The van der Waals surface area contributed by atoms with Crippen molar-refractivity contribution in [1.82, 2.24) is 9.78 Å². The number of ether oxygens (including phenoxy) is 1. The highest BCUT2D eigenvalue weighted by atomic mass is 35.5. The summed E-state index contributed by atoms with van der Waals surface area (Å²) >= 11 is 0. The number of hydrogen-bond donors (Lipinski definition) is 2. The van der Waals surface area contributed by atoms with Crippen molar-refractivity contribution in [2.45, 2.75) is 51.1 Å². The minimum absolute atomic E-state index is 0. The maximum atomic E-state index is 12.8. The Bertz CT molecular complexity index is 573. The van der Waals surface area contributed by atoms with Crippen LogP contribution in [-0.4, -0.2) is 34.9 Å². The first-order chi connectivity index (χ1) is 11.7. The van der Waals surface area contributed by atoms with E-state index in [4.69, 9.17) is 10.5 Å². The first-order valence-electron chi connectivity index (χ1n) is 9.36. The van der Waals surface area contributed by atoms with Gasteiger partial charge in [0.1, 0.15) is 5.82 Å². The van der Waals surface area contributed by atoms with E-state index in [2.05, 4.69) is 10.4 Å². The van der Waals surface area contributed by atoms with Crippen molar-refractivity contribution in [2.75, 3.05) is 18.5 Å². The molecule has 2 saturated carbocycles. The van der Waals surface area contributed by atoms with Crippen molar-refractivity contribution in [1.29, 1.82) is 0 Å². The van der Waals surface area contributed by atoms with Crippen LogP contribution in [0.4, 0.5) is 5.82 Å². The molecule has 2 bridgehead atoms. The molecule has 3 fully saturated rings. The van der Waals surface area contributed by atoms with Crippen LogP contribution in [0, 0.1) is 23.7 Å². The third-order valence-electron chi connectivity index (χ3n) is 6.21. The molecule has 1 aliphatic heterocycles. The molecule has 3 unspecified atom stereocenters. The van der Waals surface area contributed by atoms with E-state index in [-0.39, 0.29) is 24.2 Å². The van der Waals surface area contributed by atoms with Gasteiger partial charge in [0, 0.05) is 37.1 Å². The molecule has 6 nitrogen and oxygen atoms in total. The minimum atomic E-state index is 0. The molecule has 25 heavy (non-hydrogen) atoms. The summed E-state index contributed by atoms with van der Waals surface area (Å²) in [6, 6.07) is 2.19. The second-order valence-corrected chi connectivity index (χ2v) is 7.81. The van der Waals surface area contributed by atoms with Crippen LogP contribution in [0.3, 0.4) is 0 Å². The number of nitrogens with two attached hydrogens (primary N) is 1. The van der Waals surface area contributed by atoms with Crippen LogP contribution in [0.15, 0.2) is 12.3 Å². The fraction of sp³-hybridized carbons (Fsp3) is 0.778. The van der Waals surface area contributed by atoms with Gasteiger partial charge in [-0.3, -0.25) is 4.79 Å². The summed E-state index contributed by atoms with van der Waals surface area (Å²) in [5, 5.41) is 7.49. The fourth-order valence-corrected chi connectivity index (χ4v) is 4.79. The maximum absolute atomic E-state index is 12.8. The number of hydrogen-bond acceptors (Lipinski definition) is 4. The van der Waals surface area contributed by atoms with E-state index in [1.807, 2.05) is 10.7 Å². The molecule has 7 heteroatoms. The zero-order valence-electron chi connectivity index (χ0n) is 14.6. The lowest BCUT2D eigenvalue weighted by molar-refractivity contribution is -0.122. The molecular weight excluding hydrogens is 340 g/mol. The standard InChI is InChI=1S/C18H28N4O2.ClH/c19-17-13-2-1-3-14(17)9-15(8-13)18(23)21-16-4-6-20-22(16)10-12-5-7-24-11-12;/h4,6,12-15,17H,1-3,5,7-11,19H2,(H,21,23);1H. The van der Waals surface area contributed by atoms with E-state index < -0.39 is 0 Å². The SMILES string of the molecule is Cl.NC1C2CCCC1CC(C(=O)Nc1ccnn1CC1CCOC1)C2. The lowest BCUT2D eigenvalue weighted by Crippen LogP contribution is -2.48. The minimum Gasteiger partial charge on any atom is -0.381 e. The average molecular weight is 369 g/mol. The van der Waals surface area contributed by atoms with E-state index in [1.165, 1.54) is 19.3 Å². The number of carbonyl (C=O) groups is 1. The van der Waals surface area contributed by atoms with E-state index in [1.54, 1.807) is 6.20 Å². The van der Waals surface area contributed by atoms with E-state index in [0.717, 1.165) is 44.8 Å². The number of nitrogens with zero attached hydrogens (tertiary/aromatic N) is 2. The number of amides is 1. The van der Waals surface area contributed by atoms with Crippen LogP contribution in [0.25, 0.3) is 0 Å². The van der Waals surface area contributed by atoms with Gasteiger partial charge in [0.25, 0.3) is 0 Å². The molecule has 3 atom stereocenters. The molecule has 140 valence electrons. The van der Waals surface area contributed by atoms with E-state index in [0.29, 0.717) is 23.8 Å². The molecule has 2 aliphatic carbocycles. The van der Waals surface area contributed by atoms with Gasteiger partial charge >= 0.3 is 0 Å². The Hall–Kier alpha value is -1.11. The Morgan fingerprint density at radius 1 is 1.32 bits per heavy atom. The molecule has 1 aromatic heterocycles. The first kappa shape index (κ1) is 18.7. The highest BCUT2D eigenvalue weighted by Gasteiger charge is 2.40. The van der Waals surface area contributed by atoms with Gasteiger partial charge in [-0.1, -0.05) is 6.42 Å². The van der Waals surface area contributed by atoms with Gasteiger partial charge < -0.3 is 15.8 Å².